The number of nitrogens with zero attached hydrogens (tertiary/aromatic N) is 2. The molecule has 2 bridgehead atoms. The lowest BCUT2D eigenvalue weighted by Crippen LogP contribution is -2.53. The van der Waals surface area contributed by atoms with Crippen LogP contribution in [0.15, 0.2) is 60.2 Å². The third-order valence-corrected chi connectivity index (χ3v) is 9.25. The van der Waals surface area contributed by atoms with Gasteiger partial charge in [0.1, 0.15) is 0 Å². The van der Waals surface area contributed by atoms with Crippen LogP contribution in [-0.4, -0.2) is 36.2 Å². The van der Waals surface area contributed by atoms with E-state index in [2.05, 4.69) is 45.2 Å². The molecule has 0 unspecified atom stereocenters. The normalized spacial score (nSPS) is 30.0. The van der Waals surface area contributed by atoms with Crippen LogP contribution in [0, 0.1) is 42.6 Å². The van der Waals surface area contributed by atoms with Crippen molar-refractivity contribution in [2.45, 2.75) is 6.92 Å². The monoisotopic (exact) mass is 722 g/mol. The van der Waals surface area contributed by atoms with E-state index in [1.165, 1.54) is 0 Å². The van der Waals surface area contributed by atoms with E-state index in [4.69, 9.17) is 4.74 Å². The molecule has 10 heteroatoms. The fourth-order valence-electron chi connectivity index (χ4n) is 6.46. The van der Waals surface area contributed by atoms with Gasteiger partial charge in [-0.1, -0.05) is 6.08 Å². The Morgan fingerprint density at radius 1 is 0.703 bits per heavy atom. The maximum atomic E-state index is 13.8. The van der Waals surface area contributed by atoms with Gasteiger partial charge < -0.3 is 4.74 Å². The Hall–Kier alpha value is -2.61. The second kappa shape index (κ2) is 9.00. The lowest BCUT2D eigenvalue weighted by Gasteiger charge is -2.46. The summed E-state index contributed by atoms with van der Waals surface area (Å²) in [4.78, 5) is 70.5. The van der Waals surface area contributed by atoms with Gasteiger partial charge in [-0.25, -0.2) is 4.79 Å². The Labute approximate surface area is 239 Å². The van der Waals surface area contributed by atoms with Crippen LogP contribution >= 0.6 is 45.2 Å². The molecule has 2 saturated heterocycles. The number of rotatable bonds is 4. The maximum Gasteiger partial charge on any atom is 0.334 e. The molecule has 8 nitrogen and oxygen atoms in total. The molecule has 1 saturated carbocycles. The third-order valence-electron chi connectivity index (χ3n) is 7.81. The van der Waals surface area contributed by atoms with Crippen molar-refractivity contribution in [3.63, 3.8) is 0 Å². The number of amides is 4. The molecular weight excluding hydrogens is 702 g/mol. The van der Waals surface area contributed by atoms with E-state index in [-0.39, 0.29) is 12.2 Å². The first-order valence-corrected chi connectivity index (χ1v) is 14.1. The number of anilines is 2. The molecule has 2 aliphatic heterocycles. The molecule has 4 amide bonds. The predicted octanol–water partition coefficient (Wildman–Crippen LogP) is 3.56. The fourth-order valence-corrected chi connectivity index (χ4v) is 7.18. The molecule has 4 atom stereocenters. The van der Waals surface area contributed by atoms with Crippen LogP contribution < -0.4 is 9.80 Å². The molecule has 2 aromatic rings. The minimum atomic E-state index is -0.922. The largest absolute Gasteiger partial charge is 0.463 e. The zero-order valence-electron chi connectivity index (χ0n) is 19.5. The average Bonchev–Trinajstić information content (AvgIpc) is 3.32. The molecule has 5 aliphatic rings. The van der Waals surface area contributed by atoms with Crippen molar-refractivity contribution in [3.05, 3.63) is 67.3 Å². The first kappa shape index (κ1) is 24.7. The fraction of sp³-hybridized carbons (Fsp3) is 0.296. The molecule has 0 radical (unpaired) electrons. The maximum absolute atomic E-state index is 13.8. The molecule has 37 heavy (non-hydrogen) atoms. The number of benzene rings is 2. The van der Waals surface area contributed by atoms with Crippen LogP contribution in [0.1, 0.15) is 6.92 Å². The summed E-state index contributed by atoms with van der Waals surface area (Å²) < 4.78 is 7.18. The third kappa shape index (κ3) is 3.54. The van der Waals surface area contributed by atoms with Crippen molar-refractivity contribution in [2.75, 3.05) is 16.4 Å². The van der Waals surface area contributed by atoms with Gasteiger partial charge in [0, 0.05) is 24.5 Å². The predicted molar refractivity (Wildman–Crippen MR) is 149 cm³/mol. The van der Waals surface area contributed by atoms with Crippen LogP contribution in [0.5, 0.6) is 0 Å². The number of hydrogen-bond donors (Lipinski definition) is 0. The molecule has 0 aromatic heterocycles. The number of carbonyl (C=O) groups excluding carboxylic acids is 5. The number of carbonyl (C=O) groups is 5. The zero-order chi connectivity index (χ0) is 26.2. The summed E-state index contributed by atoms with van der Waals surface area (Å²) in [6.07, 6.45) is 1.62. The van der Waals surface area contributed by atoms with Crippen LogP contribution in [0.3, 0.4) is 0 Å². The summed E-state index contributed by atoms with van der Waals surface area (Å²) in [7, 11) is 0. The first-order valence-electron chi connectivity index (χ1n) is 11.9. The summed E-state index contributed by atoms with van der Waals surface area (Å²) in [5.74, 6) is -7.52. The second-order valence-electron chi connectivity index (χ2n) is 9.53. The van der Waals surface area contributed by atoms with E-state index < -0.39 is 65.1 Å². The van der Waals surface area contributed by atoms with Gasteiger partial charge in [-0.3, -0.25) is 29.0 Å². The van der Waals surface area contributed by atoms with E-state index >= 15 is 0 Å². The molecule has 188 valence electrons. The first-order chi connectivity index (χ1) is 17.7. The van der Waals surface area contributed by atoms with Gasteiger partial charge in [-0.15, -0.1) is 0 Å². The Kier molecular flexibility index (Phi) is 6.01. The molecule has 3 fully saturated rings. The van der Waals surface area contributed by atoms with E-state index in [0.717, 1.165) is 16.9 Å². The van der Waals surface area contributed by atoms with Gasteiger partial charge in [0.05, 0.1) is 41.7 Å². The zero-order valence-corrected chi connectivity index (χ0v) is 23.8. The standard InChI is InChI=1S/C27H20I2N2O6/c1-2-37-27(36)17-11-16-19-21(25(34)30(23(19)32)14-7-3-12(28)4-8-14)18(17)22-20(16)24(33)31(26(22)35)15-9-5-13(29)6-10-15/h3-11,16,18-22H,2H2,1H3/t16?,18?,19-,20-,21-,22-/m1/s1. The Bertz CT molecular complexity index is 1310. The highest BCUT2D eigenvalue weighted by Gasteiger charge is 2.71. The van der Waals surface area contributed by atoms with E-state index in [1.54, 1.807) is 61.5 Å². The van der Waals surface area contributed by atoms with Gasteiger partial charge in [-0.05, 0) is 101 Å². The van der Waals surface area contributed by atoms with Crippen LogP contribution in [0.2, 0.25) is 0 Å². The summed E-state index contributed by atoms with van der Waals surface area (Å²) >= 11 is 4.28. The van der Waals surface area contributed by atoms with Crippen LogP contribution in [0.4, 0.5) is 11.4 Å². The number of hydrogen-bond acceptors (Lipinski definition) is 6. The van der Waals surface area contributed by atoms with E-state index in [1.807, 2.05) is 0 Å². The lowest BCUT2D eigenvalue weighted by molar-refractivity contribution is -0.146. The topological polar surface area (TPSA) is 101 Å². The summed E-state index contributed by atoms with van der Waals surface area (Å²) in [6.45, 7) is 1.80. The highest BCUT2D eigenvalue weighted by atomic mass is 127. The molecule has 2 heterocycles. The number of allylic oxidation sites excluding steroid dienone is 1. The van der Waals surface area contributed by atoms with Gasteiger partial charge in [-0.2, -0.15) is 0 Å². The van der Waals surface area contributed by atoms with Crippen molar-refractivity contribution < 1.29 is 28.7 Å². The Morgan fingerprint density at radius 3 is 1.51 bits per heavy atom. The summed E-state index contributed by atoms with van der Waals surface area (Å²) in [5, 5.41) is 0. The molecule has 2 aromatic carbocycles. The average molecular weight is 722 g/mol. The van der Waals surface area contributed by atoms with Crippen molar-refractivity contribution in [1.29, 1.82) is 0 Å². The highest BCUT2D eigenvalue weighted by molar-refractivity contribution is 14.1. The van der Waals surface area contributed by atoms with Crippen molar-refractivity contribution in [1.82, 2.24) is 0 Å². The number of imide groups is 2. The molecule has 0 N–H and O–H groups in total. The van der Waals surface area contributed by atoms with Gasteiger partial charge >= 0.3 is 5.97 Å². The van der Waals surface area contributed by atoms with Gasteiger partial charge in [0.15, 0.2) is 0 Å². The lowest BCUT2D eigenvalue weighted by atomic mass is 9.52. The highest BCUT2D eigenvalue weighted by Crippen LogP contribution is 2.60. The van der Waals surface area contributed by atoms with Gasteiger partial charge in [0.25, 0.3) is 0 Å². The summed E-state index contributed by atoms with van der Waals surface area (Å²) in [5.41, 5.74) is 1.08. The van der Waals surface area contributed by atoms with Crippen molar-refractivity contribution in [2.24, 2.45) is 35.5 Å². The summed E-state index contributed by atoms with van der Waals surface area (Å²) in [6, 6.07) is 14.0. The Morgan fingerprint density at radius 2 is 1.11 bits per heavy atom. The second-order valence-corrected chi connectivity index (χ2v) is 12.0. The van der Waals surface area contributed by atoms with Gasteiger partial charge in [0.2, 0.25) is 23.6 Å². The molecular formula is C27H20I2N2O6. The number of ether oxygens (including phenoxy) is 1. The smallest absolute Gasteiger partial charge is 0.334 e. The number of halogens is 2. The minimum Gasteiger partial charge on any atom is -0.463 e. The van der Waals surface area contributed by atoms with Crippen molar-refractivity contribution >= 4 is 86.2 Å². The van der Waals surface area contributed by atoms with E-state index in [9.17, 15) is 24.0 Å². The number of esters is 1. The van der Waals surface area contributed by atoms with Crippen LogP contribution in [-0.2, 0) is 28.7 Å². The molecule has 7 rings (SSSR count). The minimum absolute atomic E-state index is 0.124. The SMILES string of the molecule is CCOC(=O)C1=CC2[C@H]3C(=O)N(c4ccc(I)cc4)C(=O)[C@@H]3C1[C@H]1C(=O)N(c3ccc(I)cc3)C(=O)[C@H]21. The van der Waals surface area contributed by atoms with Crippen molar-refractivity contribution in [3.8, 4) is 0 Å². The van der Waals surface area contributed by atoms with Crippen LogP contribution in [0.25, 0.3) is 0 Å². The Balaban J connectivity index is 1.46. The van der Waals surface area contributed by atoms with E-state index in [0.29, 0.717) is 11.4 Å². The molecule has 3 aliphatic carbocycles. The molecule has 0 spiro atoms. The quantitative estimate of drug-likeness (QED) is 0.272.